The van der Waals surface area contributed by atoms with Gasteiger partial charge < -0.3 is 14.6 Å². The molecule has 0 saturated carbocycles. The van der Waals surface area contributed by atoms with Crippen molar-refractivity contribution < 1.29 is 29.0 Å². The molecule has 1 fully saturated rings. The Balaban J connectivity index is 2.46. The average molecular weight is 360 g/mol. The largest absolute Gasteiger partial charge is 0.478 e. The van der Waals surface area contributed by atoms with Crippen molar-refractivity contribution in [1.29, 1.82) is 0 Å². The van der Waals surface area contributed by atoms with E-state index in [0.29, 0.717) is 18.4 Å². The van der Waals surface area contributed by atoms with Gasteiger partial charge in [0, 0.05) is 23.1 Å². The van der Waals surface area contributed by atoms with Crippen LogP contribution in [-0.2, 0) is 23.9 Å². The molecule has 1 N–H and O–H groups in total. The molecule has 1 heterocycles. The fraction of sp³-hybridized carbons (Fsp3) is 0.450. The molecular formula is C20H24O6. The molecule has 0 aromatic carbocycles. The molecule has 140 valence electrons. The summed E-state index contributed by atoms with van der Waals surface area (Å²) >= 11 is 0. The Morgan fingerprint density at radius 1 is 1.42 bits per heavy atom. The van der Waals surface area contributed by atoms with Crippen LogP contribution in [0.15, 0.2) is 47.1 Å². The highest BCUT2D eigenvalue weighted by Crippen LogP contribution is 2.36. The molecule has 1 aliphatic carbocycles. The van der Waals surface area contributed by atoms with E-state index in [9.17, 15) is 19.5 Å². The minimum atomic E-state index is -1.07. The Hall–Kier alpha value is -2.63. The van der Waals surface area contributed by atoms with E-state index in [4.69, 9.17) is 9.47 Å². The lowest BCUT2D eigenvalue weighted by atomic mass is 9.85. The molecular weight excluding hydrogens is 336 g/mol. The van der Waals surface area contributed by atoms with Crippen molar-refractivity contribution in [3.8, 4) is 0 Å². The molecule has 0 radical (unpaired) electrons. The predicted octanol–water partition coefficient (Wildman–Crippen LogP) is 3.10. The minimum Gasteiger partial charge on any atom is -0.478 e. The van der Waals surface area contributed by atoms with Crippen LogP contribution < -0.4 is 0 Å². The first kappa shape index (κ1) is 19.7. The van der Waals surface area contributed by atoms with Crippen LogP contribution in [0.1, 0.15) is 40.0 Å². The van der Waals surface area contributed by atoms with Crippen molar-refractivity contribution in [3.63, 3.8) is 0 Å². The van der Waals surface area contributed by atoms with Crippen molar-refractivity contribution in [2.75, 3.05) is 0 Å². The number of fused-ring (bicyclic) bond motifs is 1. The van der Waals surface area contributed by atoms with Crippen LogP contribution in [-0.4, -0.2) is 35.2 Å². The second-order valence-electron chi connectivity index (χ2n) is 6.63. The highest BCUT2D eigenvalue weighted by atomic mass is 16.6. The van der Waals surface area contributed by atoms with Gasteiger partial charge in [-0.05, 0) is 39.7 Å². The van der Waals surface area contributed by atoms with Crippen LogP contribution in [0.2, 0.25) is 0 Å². The minimum absolute atomic E-state index is 0.0121. The number of hydrogen-bond donors (Lipinski definition) is 1. The average Bonchev–Trinajstić information content (AvgIpc) is 2.85. The Labute approximate surface area is 152 Å². The van der Waals surface area contributed by atoms with E-state index in [1.54, 1.807) is 26.0 Å². The van der Waals surface area contributed by atoms with Crippen molar-refractivity contribution in [3.05, 3.63) is 47.1 Å². The molecule has 0 amide bonds. The van der Waals surface area contributed by atoms with E-state index < -0.39 is 36.0 Å². The topological polar surface area (TPSA) is 89.9 Å². The summed E-state index contributed by atoms with van der Waals surface area (Å²) < 4.78 is 11.0. The third kappa shape index (κ3) is 4.31. The molecule has 0 aromatic rings. The normalized spacial score (nSPS) is 31.0. The number of hydrogen-bond acceptors (Lipinski definition) is 5. The Kier molecular flexibility index (Phi) is 6.18. The molecule has 6 nitrogen and oxygen atoms in total. The smallest absolute Gasteiger partial charge is 0.334 e. The molecule has 2 aliphatic rings. The lowest BCUT2D eigenvalue weighted by Crippen LogP contribution is -2.34. The van der Waals surface area contributed by atoms with E-state index in [2.05, 4.69) is 6.58 Å². The first-order chi connectivity index (χ1) is 12.2. The van der Waals surface area contributed by atoms with Gasteiger partial charge in [-0.25, -0.2) is 14.4 Å². The molecule has 1 aliphatic heterocycles. The maximum atomic E-state index is 12.3. The van der Waals surface area contributed by atoms with Gasteiger partial charge in [0.15, 0.2) is 0 Å². The molecule has 2 rings (SSSR count). The van der Waals surface area contributed by atoms with Gasteiger partial charge in [-0.3, -0.25) is 0 Å². The molecule has 26 heavy (non-hydrogen) atoms. The second-order valence-corrected chi connectivity index (χ2v) is 6.63. The van der Waals surface area contributed by atoms with Crippen LogP contribution in [0.25, 0.3) is 0 Å². The van der Waals surface area contributed by atoms with Crippen molar-refractivity contribution in [2.24, 2.45) is 5.92 Å². The summed E-state index contributed by atoms with van der Waals surface area (Å²) in [6.07, 6.45) is 4.81. The maximum absolute atomic E-state index is 12.3. The van der Waals surface area contributed by atoms with Gasteiger partial charge in [0.05, 0.1) is 5.92 Å². The number of carbonyl (C=O) groups is 3. The SMILES string of the molecule is C=C1C(=O)OC2/C=C(/C)CC/C=C(/C(=O)O)CC(OC(=O)/C(C)=C/C)C12. The Morgan fingerprint density at radius 2 is 2.12 bits per heavy atom. The van der Waals surface area contributed by atoms with E-state index >= 15 is 0 Å². The first-order valence-electron chi connectivity index (χ1n) is 8.57. The third-order valence-corrected chi connectivity index (χ3v) is 4.75. The van der Waals surface area contributed by atoms with E-state index in [1.807, 2.05) is 13.0 Å². The quantitative estimate of drug-likeness (QED) is 0.472. The standard InChI is InChI=1S/C20H24O6/c1-5-12(3)19(23)25-16-10-14(18(21)22)8-6-7-11(2)9-15-17(16)13(4)20(24)26-15/h5,8-9,15-17H,4,6-7,10H2,1-3H3,(H,21,22)/b11-9-,12-5+,14-8+. The van der Waals surface area contributed by atoms with E-state index in [1.165, 1.54) is 0 Å². The van der Waals surface area contributed by atoms with Crippen LogP contribution >= 0.6 is 0 Å². The number of carboxylic acid groups (broad SMARTS) is 1. The van der Waals surface area contributed by atoms with Crippen molar-refractivity contribution >= 4 is 17.9 Å². The van der Waals surface area contributed by atoms with Gasteiger partial charge in [0.1, 0.15) is 12.2 Å². The first-order valence-corrected chi connectivity index (χ1v) is 8.57. The number of carbonyl (C=O) groups excluding carboxylic acids is 2. The molecule has 0 bridgehead atoms. The molecule has 0 aromatic heterocycles. The summed E-state index contributed by atoms with van der Waals surface area (Å²) in [5, 5.41) is 9.49. The summed E-state index contributed by atoms with van der Waals surface area (Å²) in [5.41, 5.74) is 1.73. The molecule has 0 spiro atoms. The summed E-state index contributed by atoms with van der Waals surface area (Å²) in [5.74, 6) is -2.78. The fourth-order valence-corrected chi connectivity index (χ4v) is 3.08. The van der Waals surface area contributed by atoms with Gasteiger partial charge in [-0.15, -0.1) is 0 Å². The number of allylic oxidation sites excluding steroid dienone is 3. The zero-order valence-electron chi connectivity index (χ0n) is 15.3. The fourth-order valence-electron chi connectivity index (χ4n) is 3.08. The molecule has 1 saturated heterocycles. The molecule has 3 unspecified atom stereocenters. The lowest BCUT2D eigenvalue weighted by molar-refractivity contribution is -0.148. The lowest BCUT2D eigenvalue weighted by Gasteiger charge is -2.27. The number of esters is 2. The monoisotopic (exact) mass is 360 g/mol. The number of carboxylic acids is 1. The van der Waals surface area contributed by atoms with E-state index in [-0.39, 0.29) is 17.6 Å². The van der Waals surface area contributed by atoms with Crippen molar-refractivity contribution in [2.45, 2.75) is 52.2 Å². The van der Waals surface area contributed by atoms with Gasteiger partial charge in [-0.2, -0.15) is 0 Å². The third-order valence-electron chi connectivity index (χ3n) is 4.75. The number of aliphatic carboxylic acids is 1. The van der Waals surface area contributed by atoms with Crippen LogP contribution in [0.4, 0.5) is 0 Å². The Bertz CT molecular complexity index is 725. The van der Waals surface area contributed by atoms with Crippen molar-refractivity contribution in [1.82, 2.24) is 0 Å². The van der Waals surface area contributed by atoms with Crippen LogP contribution in [0.5, 0.6) is 0 Å². The number of ether oxygens (including phenoxy) is 2. The highest BCUT2D eigenvalue weighted by Gasteiger charge is 2.45. The Morgan fingerprint density at radius 3 is 2.73 bits per heavy atom. The predicted molar refractivity (Wildman–Crippen MR) is 95.1 cm³/mol. The summed E-state index contributed by atoms with van der Waals surface area (Å²) in [4.78, 5) is 35.9. The van der Waals surface area contributed by atoms with E-state index in [0.717, 1.165) is 5.57 Å². The van der Waals surface area contributed by atoms with Gasteiger partial charge in [0.25, 0.3) is 0 Å². The maximum Gasteiger partial charge on any atom is 0.334 e. The van der Waals surface area contributed by atoms with Gasteiger partial charge in [0.2, 0.25) is 0 Å². The summed E-state index contributed by atoms with van der Waals surface area (Å²) in [6, 6.07) is 0. The zero-order valence-corrected chi connectivity index (χ0v) is 15.3. The zero-order chi connectivity index (χ0) is 19.4. The molecule has 3 atom stereocenters. The second kappa shape index (κ2) is 8.17. The van der Waals surface area contributed by atoms with Crippen LogP contribution in [0, 0.1) is 5.92 Å². The summed E-state index contributed by atoms with van der Waals surface area (Å²) in [7, 11) is 0. The van der Waals surface area contributed by atoms with Gasteiger partial charge >= 0.3 is 17.9 Å². The number of rotatable bonds is 3. The van der Waals surface area contributed by atoms with Gasteiger partial charge in [-0.1, -0.05) is 24.3 Å². The summed E-state index contributed by atoms with van der Waals surface area (Å²) in [6.45, 7) is 9.01. The van der Waals surface area contributed by atoms with Crippen LogP contribution in [0.3, 0.4) is 0 Å². The highest BCUT2D eigenvalue weighted by molar-refractivity contribution is 5.92. The molecule has 6 heteroatoms.